The minimum atomic E-state index is 0.109. The molecule has 0 aliphatic heterocycles. The molecule has 0 bridgehead atoms. The monoisotopic (exact) mass is 248 g/mol. The van der Waals surface area contributed by atoms with Crippen LogP contribution in [0.2, 0.25) is 0 Å². The minimum absolute atomic E-state index is 0.109. The molecule has 0 radical (unpaired) electrons. The molecule has 0 fully saturated rings. The number of nitrogens with zero attached hydrogens (tertiary/aromatic N) is 3. The van der Waals surface area contributed by atoms with Gasteiger partial charge in [-0.2, -0.15) is 4.98 Å². The molecule has 0 spiro atoms. The van der Waals surface area contributed by atoms with Gasteiger partial charge < -0.3 is 19.8 Å². The van der Waals surface area contributed by atoms with Crippen molar-refractivity contribution >= 4 is 11.6 Å². The standard InChI is InChI=1S/C12H16N4O2/c1-16(2)12-14-11(18-15-12)9-3-5-10(6-4-9)13-7-8-17/h3-6,13,17H,7-8H2,1-2H3. The first-order chi connectivity index (χ1) is 8.70. The fourth-order valence-electron chi connectivity index (χ4n) is 1.45. The molecule has 0 aliphatic carbocycles. The van der Waals surface area contributed by atoms with Gasteiger partial charge in [0.25, 0.3) is 11.8 Å². The van der Waals surface area contributed by atoms with Crippen LogP contribution in [0.4, 0.5) is 11.6 Å². The van der Waals surface area contributed by atoms with Gasteiger partial charge in [-0.25, -0.2) is 0 Å². The number of aliphatic hydroxyl groups excluding tert-OH is 1. The smallest absolute Gasteiger partial charge is 0.265 e. The fraction of sp³-hybridized carbons (Fsp3) is 0.333. The summed E-state index contributed by atoms with van der Waals surface area (Å²) in [6.45, 7) is 0.641. The maximum atomic E-state index is 8.71. The molecule has 0 unspecified atom stereocenters. The van der Waals surface area contributed by atoms with Crippen molar-refractivity contribution in [1.82, 2.24) is 10.1 Å². The van der Waals surface area contributed by atoms with Crippen molar-refractivity contribution in [3.05, 3.63) is 24.3 Å². The molecule has 1 heterocycles. The largest absolute Gasteiger partial charge is 0.395 e. The predicted octanol–water partition coefficient (Wildman–Crippen LogP) is 1.21. The van der Waals surface area contributed by atoms with Crippen LogP contribution < -0.4 is 10.2 Å². The number of hydrogen-bond acceptors (Lipinski definition) is 6. The van der Waals surface area contributed by atoms with Gasteiger partial charge in [0, 0.05) is 31.9 Å². The van der Waals surface area contributed by atoms with Crippen molar-refractivity contribution in [3.8, 4) is 11.5 Å². The molecule has 0 atom stereocenters. The molecule has 2 N–H and O–H groups in total. The predicted molar refractivity (Wildman–Crippen MR) is 69.6 cm³/mol. The topological polar surface area (TPSA) is 74.4 Å². The summed E-state index contributed by atoms with van der Waals surface area (Å²) < 4.78 is 5.17. The molecular formula is C12H16N4O2. The van der Waals surface area contributed by atoms with E-state index in [0.717, 1.165) is 11.3 Å². The molecular weight excluding hydrogens is 232 g/mol. The van der Waals surface area contributed by atoms with Crippen molar-refractivity contribution in [1.29, 1.82) is 0 Å². The lowest BCUT2D eigenvalue weighted by Crippen LogP contribution is -2.10. The Bertz CT molecular complexity index is 493. The van der Waals surface area contributed by atoms with E-state index >= 15 is 0 Å². The van der Waals surface area contributed by atoms with E-state index in [1.54, 1.807) is 4.90 Å². The van der Waals surface area contributed by atoms with E-state index in [9.17, 15) is 0 Å². The Labute approximate surface area is 105 Å². The summed E-state index contributed by atoms with van der Waals surface area (Å²) in [5.74, 6) is 1.04. The first-order valence-electron chi connectivity index (χ1n) is 5.67. The minimum Gasteiger partial charge on any atom is -0.395 e. The maximum absolute atomic E-state index is 8.71. The number of hydrogen-bond donors (Lipinski definition) is 2. The van der Waals surface area contributed by atoms with Crippen LogP contribution in [0.5, 0.6) is 0 Å². The molecule has 96 valence electrons. The molecule has 0 saturated heterocycles. The van der Waals surface area contributed by atoms with Crippen molar-refractivity contribution in [2.24, 2.45) is 0 Å². The Morgan fingerprint density at radius 3 is 2.56 bits per heavy atom. The molecule has 2 aromatic rings. The SMILES string of the molecule is CN(C)c1noc(-c2ccc(NCCO)cc2)n1. The van der Waals surface area contributed by atoms with E-state index in [1.165, 1.54) is 0 Å². The van der Waals surface area contributed by atoms with Crippen LogP contribution >= 0.6 is 0 Å². The van der Waals surface area contributed by atoms with Gasteiger partial charge in [-0.1, -0.05) is 0 Å². The van der Waals surface area contributed by atoms with Crippen LogP contribution in [0, 0.1) is 0 Å². The Balaban J connectivity index is 2.12. The summed E-state index contributed by atoms with van der Waals surface area (Å²) in [6, 6.07) is 7.61. The second-order valence-electron chi connectivity index (χ2n) is 4.02. The van der Waals surface area contributed by atoms with Crippen LogP contribution in [-0.2, 0) is 0 Å². The first-order valence-corrected chi connectivity index (χ1v) is 5.67. The zero-order valence-electron chi connectivity index (χ0n) is 10.4. The van der Waals surface area contributed by atoms with E-state index in [0.29, 0.717) is 18.4 Å². The quantitative estimate of drug-likeness (QED) is 0.828. The lowest BCUT2D eigenvalue weighted by molar-refractivity contribution is 0.311. The summed E-state index contributed by atoms with van der Waals surface area (Å²) in [6.07, 6.45) is 0. The first kappa shape index (κ1) is 12.4. The number of nitrogens with one attached hydrogen (secondary N) is 1. The van der Waals surface area contributed by atoms with Crippen LogP contribution in [0.1, 0.15) is 0 Å². The molecule has 1 aromatic carbocycles. The van der Waals surface area contributed by atoms with E-state index in [4.69, 9.17) is 9.63 Å². The lowest BCUT2D eigenvalue weighted by Gasteiger charge is -2.04. The normalized spacial score (nSPS) is 10.4. The molecule has 18 heavy (non-hydrogen) atoms. The van der Waals surface area contributed by atoms with Crippen LogP contribution in [0.15, 0.2) is 28.8 Å². The van der Waals surface area contributed by atoms with E-state index in [2.05, 4.69) is 15.5 Å². The summed E-state index contributed by atoms with van der Waals surface area (Å²) in [7, 11) is 3.72. The Morgan fingerprint density at radius 1 is 1.28 bits per heavy atom. The Hall–Kier alpha value is -2.08. The van der Waals surface area contributed by atoms with Gasteiger partial charge in [0.1, 0.15) is 0 Å². The fourth-order valence-corrected chi connectivity index (χ4v) is 1.45. The summed E-state index contributed by atoms with van der Waals surface area (Å²) in [5.41, 5.74) is 1.81. The third-order valence-corrected chi connectivity index (χ3v) is 2.39. The van der Waals surface area contributed by atoms with Crippen molar-refractivity contribution < 1.29 is 9.63 Å². The average Bonchev–Trinajstić information content (AvgIpc) is 2.87. The average molecular weight is 248 g/mol. The van der Waals surface area contributed by atoms with Crippen LogP contribution in [0.3, 0.4) is 0 Å². The van der Waals surface area contributed by atoms with Crippen molar-refractivity contribution in [3.63, 3.8) is 0 Å². The highest BCUT2D eigenvalue weighted by Crippen LogP contribution is 2.21. The molecule has 0 amide bonds. The van der Waals surface area contributed by atoms with Gasteiger partial charge in [-0.05, 0) is 29.4 Å². The van der Waals surface area contributed by atoms with E-state index in [1.807, 2.05) is 38.4 Å². The highest BCUT2D eigenvalue weighted by molar-refractivity contribution is 5.59. The number of anilines is 2. The number of benzene rings is 1. The van der Waals surface area contributed by atoms with Gasteiger partial charge in [0.2, 0.25) is 0 Å². The third-order valence-electron chi connectivity index (χ3n) is 2.39. The van der Waals surface area contributed by atoms with E-state index in [-0.39, 0.29) is 6.61 Å². The maximum Gasteiger partial charge on any atom is 0.265 e. The highest BCUT2D eigenvalue weighted by atomic mass is 16.5. The molecule has 2 rings (SSSR count). The van der Waals surface area contributed by atoms with Crippen molar-refractivity contribution in [2.45, 2.75) is 0 Å². The second kappa shape index (κ2) is 5.50. The summed E-state index contributed by atoms with van der Waals surface area (Å²) in [5, 5.41) is 15.6. The van der Waals surface area contributed by atoms with Crippen LogP contribution in [-0.4, -0.2) is 42.5 Å². The molecule has 6 heteroatoms. The van der Waals surface area contributed by atoms with Gasteiger partial charge in [0.15, 0.2) is 0 Å². The lowest BCUT2D eigenvalue weighted by atomic mass is 10.2. The number of aromatic nitrogens is 2. The van der Waals surface area contributed by atoms with Gasteiger partial charge >= 0.3 is 0 Å². The number of aliphatic hydroxyl groups is 1. The van der Waals surface area contributed by atoms with Gasteiger partial charge in [-0.15, -0.1) is 0 Å². The zero-order valence-corrected chi connectivity index (χ0v) is 10.4. The van der Waals surface area contributed by atoms with Crippen LogP contribution in [0.25, 0.3) is 11.5 Å². The highest BCUT2D eigenvalue weighted by Gasteiger charge is 2.09. The molecule has 1 aromatic heterocycles. The molecule has 0 saturated carbocycles. The number of rotatable bonds is 5. The Kier molecular flexibility index (Phi) is 3.78. The molecule has 0 aliphatic rings. The third kappa shape index (κ3) is 2.78. The van der Waals surface area contributed by atoms with Gasteiger partial charge in [0.05, 0.1) is 6.61 Å². The summed E-state index contributed by atoms with van der Waals surface area (Å²) in [4.78, 5) is 6.04. The molecule has 6 nitrogen and oxygen atoms in total. The summed E-state index contributed by atoms with van der Waals surface area (Å²) >= 11 is 0. The van der Waals surface area contributed by atoms with E-state index < -0.39 is 0 Å². The Morgan fingerprint density at radius 2 is 2.00 bits per heavy atom. The second-order valence-corrected chi connectivity index (χ2v) is 4.02. The zero-order chi connectivity index (χ0) is 13.0. The van der Waals surface area contributed by atoms with Crippen molar-refractivity contribution in [2.75, 3.05) is 37.5 Å². The van der Waals surface area contributed by atoms with Gasteiger partial charge in [-0.3, -0.25) is 0 Å².